The Balaban J connectivity index is 1.07. The molecule has 0 spiro atoms. The van der Waals surface area contributed by atoms with Crippen molar-refractivity contribution < 1.29 is 8.83 Å². The first-order valence-corrected chi connectivity index (χ1v) is 24.0. The third-order valence-electron chi connectivity index (χ3n) is 14.3. The van der Waals surface area contributed by atoms with Crippen LogP contribution in [0.2, 0.25) is 0 Å². The van der Waals surface area contributed by atoms with Crippen LogP contribution >= 0.6 is 0 Å². The van der Waals surface area contributed by atoms with Gasteiger partial charge in [-0.2, -0.15) is 0 Å². The van der Waals surface area contributed by atoms with Crippen molar-refractivity contribution in [3.05, 3.63) is 242 Å². The van der Waals surface area contributed by atoms with Crippen molar-refractivity contribution in [1.29, 1.82) is 0 Å². The molecule has 330 valence electrons. The number of nitrogens with zero attached hydrogens (tertiary/aromatic N) is 2. The Morgan fingerprint density at radius 3 is 1.13 bits per heavy atom. The molecule has 12 aromatic carbocycles. The molecular weight excluding hydrogens is 853 g/mol. The van der Waals surface area contributed by atoms with Crippen LogP contribution < -0.4 is 9.80 Å². The van der Waals surface area contributed by atoms with Crippen molar-refractivity contribution in [3.8, 4) is 22.3 Å². The molecule has 0 aliphatic carbocycles. The van der Waals surface area contributed by atoms with E-state index in [0.717, 1.165) is 111 Å². The highest BCUT2D eigenvalue weighted by Gasteiger charge is 2.28. The molecule has 0 bridgehead atoms. The minimum absolute atomic E-state index is 0.846. The lowest BCUT2D eigenvalue weighted by atomic mass is 9.91. The number of para-hydroxylation sites is 4. The first-order chi connectivity index (χ1) is 34.6. The summed E-state index contributed by atoms with van der Waals surface area (Å²) in [4.78, 5) is 4.87. The van der Waals surface area contributed by atoms with Crippen LogP contribution in [0.5, 0.6) is 0 Å². The third-order valence-corrected chi connectivity index (χ3v) is 14.3. The first kappa shape index (κ1) is 40.0. The Kier molecular flexibility index (Phi) is 8.99. The zero-order valence-corrected chi connectivity index (χ0v) is 38.7. The predicted molar refractivity (Wildman–Crippen MR) is 294 cm³/mol. The highest BCUT2D eigenvalue weighted by atomic mass is 16.3. The van der Waals surface area contributed by atoms with Gasteiger partial charge in [-0.3, -0.25) is 0 Å². The lowest BCUT2D eigenvalue weighted by molar-refractivity contribution is 0.669. The molecule has 4 heteroatoms. The smallest absolute Gasteiger partial charge is 0.159 e. The van der Waals surface area contributed by atoms with Gasteiger partial charge < -0.3 is 18.6 Å². The van der Waals surface area contributed by atoms with E-state index in [-0.39, 0.29) is 0 Å². The maximum Gasteiger partial charge on any atom is 0.159 e. The van der Waals surface area contributed by atoms with E-state index in [1.54, 1.807) is 0 Å². The fraction of sp³-hybridized carbons (Fsp3) is 0.0303. The zero-order chi connectivity index (χ0) is 46.5. The van der Waals surface area contributed by atoms with Crippen LogP contribution in [0.1, 0.15) is 11.1 Å². The topological polar surface area (TPSA) is 32.8 Å². The molecule has 2 aromatic heterocycles. The van der Waals surface area contributed by atoms with E-state index < -0.39 is 0 Å². The Morgan fingerprint density at radius 1 is 0.286 bits per heavy atom. The van der Waals surface area contributed by atoms with E-state index in [9.17, 15) is 0 Å². The van der Waals surface area contributed by atoms with Crippen molar-refractivity contribution in [3.63, 3.8) is 0 Å². The van der Waals surface area contributed by atoms with Gasteiger partial charge in [0.1, 0.15) is 11.2 Å². The molecule has 0 saturated carbocycles. The average molecular weight is 897 g/mol. The molecular formula is C66H44N2O2. The molecule has 14 rings (SSSR count). The highest BCUT2D eigenvalue weighted by molar-refractivity contribution is 6.29. The number of benzene rings is 12. The predicted octanol–water partition coefficient (Wildman–Crippen LogP) is 19.3. The molecule has 0 radical (unpaired) electrons. The standard InChI is InChI=1S/C66H44N2O2/c1-41-27-35-57(53(39-41)43-15-5-3-6-16-43)67(59-23-13-21-49-47-19-9-11-25-61(47)69-65(49)59)55-37-31-45-30-34-52-56(38-32-46-29-33-51(55)63(45)64(46)52)68(58-36-28-42(2)40-54(58)44-17-7-4-8-18-44)60-24-14-22-50-48-20-10-12-26-62(48)70-66(50)60/h3-40H,1-2H3. The summed E-state index contributed by atoms with van der Waals surface area (Å²) in [5.74, 6) is 0. The lowest BCUT2D eigenvalue weighted by Gasteiger charge is -2.31. The average Bonchev–Trinajstić information content (AvgIpc) is 3.99. The Bertz CT molecular complexity index is 4060. The summed E-state index contributed by atoms with van der Waals surface area (Å²) in [6, 6.07) is 83.3. The van der Waals surface area contributed by atoms with Crippen LogP contribution in [-0.2, 0) is 0 Å². The molecule has 0 N–H and O–H groups in total. The van der Waals surface area contributed by atoms with Crippen molar-refractivity contribution >= 4 is 110 Å². The number of furan rings is 2. The molecule has 0 saturated heterocycles. The van der Waals surface area contributed by atoms with E-state index >= 15 is 0 Å². The molecule has 0 amide bonds. The maximum absolute atomic E-state index is 6.87. The second kappa shape index (κ2) is 15.7. The molecule has 0 aliphatic rings. The summed E-state index contributed by atoms with van der Waals surface area (Å²) < 4.78 is 13.7. The van der Waals surface area contributed by atoms with Gasteiger partial charge in [-0.25, -0.2) is 0 Å². The van der Waals surface area contributed by atoms with E-state index in [0.29, 0.717) is 0 Å². The van der Waals surface area contributed by atoms with E-state index in [1.807, 2.05) is 12.1 Å². The molecule has 70 heavy (non-hydrogen) atoms. The molecule has 0 aliphatic heterocycles. The van der Waals surface area contributed by atoms with E-state index in [1.165, 1.54) is 32.7 Å². The number of rotatable bonds is 8. The second-order valence-electron chi connectivity index (χ2n) is 18.5. The van der Waals surface area contributed by atoms with Gasteiger partial charge in [-0.05, 0) is 107 Å². The van der Waals surface area contributed by atoms with Gasteiger partial charge >= 0.3 is 0 Å². The SMILES string of the molecule is Cc1ccc(N(c2ccc3ccc4c(N(c5ccc(C)cc5-c5ccccc5)c5cccc6c5oc5ccccc56)ccc5ccc2c3c54)c2cccc3c2oc2ccccc23)c(-c2ccccc2)c1. The monoisotopic (exact) mass is 896 g/mol. The Labute approximate surface area is 404 Å². The van der Waals surface area contributed by atoms with Gasteiger partial charge in [0.25, 0.3) is 0 Å². The van der Waals surface area contributed by atoms with Crippen LogP contribution in [0.3, 0.4) is 0 Å². The summed E-state index contributed by atoms with van der Waals surface area (Å²) in [7, 11) is 0. The summed E-state index contributed by atoms with van der Waals surface area (Å²) in [6.07, 6.45) is 0. The van der Waals surface area contributed by atoms with Crippen molar-refractivity contribution in [2.75, 3.05) is 9.80 Å². The Hall–Kier alpha value is -9.12. The minimum Gasteiger partial charge on any atom is -0.454 e. The minimum atomic E-state index is 0.846. The van der Waals surface area contributed by atoms with Gasteiger partial charge in [0.2, 0.25) is 0 Å². The molecule has 0 fully saturated rings. The fourth-order valence-corrected chi connectivity index (χ4v) is 11.1. The van der Waals surface area contributed by atoms with Gasteiger partial charge in [-0.15, -0.1) is 0 Å². The number of hydrogen-bond donors (Lipinski definition) is 0. The van der Waals surface area contributed by atoms with E-state index in [4.69, 9.17) is 8.83 Å². The van der Waals surface area contributed by atoms with Crippen molar-refractivity contribution in [2.24, 2.45) is 0 Å². The largest absolute Gasteiger partial charge is 0.454 e. The van der Waals surface area contributed by atoms with Gasteiger partial charge in [0, 0.05) is 43.4 Å². The number of fused-ring (bicyclic) bond motifs is 6. The lowest BCUT2D eigenvalue weighted by Crippen LogP contribution is -2.13. The summed E-state index contributed by atoms with van der Waals surface area (Å²) in [6.45, 7) is 4.34. The highest BCUT2D eigenvalue weighted by Crippen LogP contribution is 2.52. The van der Waals surface area contributed by atoms with Crippen molar-refractivity contribution in [1.82, 2.24) is 0 Å². The molecule has 4 nitrogen and oxygen atoms in total. The van der Waals surface area contributed by atoms with Crippen LogP contribution in [0.25, 0.3) is 98.4 Å². The van der Waals surface area contributed by atoms with Gasteiger partial charge in [0.15, 0.2) is 11.2 Å². The molecule has 14 aromatic rings. The molecule has 2 heterocycles. The van der Waals surface area contributed by atoms with Crippen LogP contribution in [0, 0.1) is 13.8 Å². The number of anilines is 6. The summed E-state index contributed by atoms with van der Waals surface area (Å²) >= 11 is 0. The van der Waals surface area contributed by atoms with Crippen molar-refractivity contribution in [2.45, 2.75) is 13.8 Å². The van der Waals surface area contributed by atoms with Crippen LogP contribution in [0.4, 0.5) is 34.1 Å². The quantitative estimate of drug-likeness (QED) is 0.142. The molecule has 0 atom stereocenters. The first-order valence-electron chi connectivity index (χ1n) is 24.0. The maximum atomic E-state index is 6.87. The third kappa shape index (κ3) is 6.16. The fourth-order valence-electron chi connectivity index (χ4n) is 11.1. The second-order valence-corrected chi connectivity index (χ2v) is 18.5. The normalized spacial score (nSPS) is 11.9. The zero-order valence-electron chi connectivity index (χ0n) is 38.7. The van der Waals surface area contributed by atoms with Gasteiger partial charge in [0.05, 0.1) is 34.1 Å². The number of aryl methyl sites for hydroxylation is 2. The number of hydrogen-bond acceptors (Lipinski definition) is 4. The Morgan fingerprint density at radius 2 is 0.671 bits per heavy atom. The molecule has 0 unspecified atom stereocenters. The summed E-state index contributed by atoms with van der Waals surface area (Å²) in [5, 5.41) is 11.4. The van der Waals surface area contributed by atoms with Gasteiger partial charge in [-0.1, -0.05) is 181 Å². The summed E-state index contributed by atoms with van der Waals surface area (Å²) in [5.41, 5.74) is 16.6. The van der Waals surface area contributed by atoms with Crippen LogP contribution in [-0.4, -0.2) is 0 Å². The van der Waals surface area contributed by atoms with Crippen LogP contribution in [0.15, 0.2) is 239 Å². The van der Waals surface area contributed by atoms with E-state index in [2.05, 4.69) is 242 Å².